The van der Waals surface area contributed by atoms with Crippen molar-refractivity contribution in [3.63, 3.8) is 0 Å². The first-order valence-electron chi connectivity index (χ1n) is 6.52. The lowest BCUT2D eigenvalue weighted by Crippen LogP contribution is -2.34. The highest BCUT2D eigenvalue weighted by Crippen LogP contribution is 2.26. The minimum absolute atomic E-state index is 0.105. The second-order valence-corrected chi connectivity index (χ2v) is 7.17. The summed E-state index contributed by atoms with van der Waals surface area (Å²) in [4.78, 5) is 2.18. The van der Waals surface area contributed by atoms with Gasteiger partial charge in [-0.3, -0.25) is 4.90 Å². The Kier molecular flexibility index (Phi) is 5.26. The number of ether oxygens (including phenoxy) is 1. The first-order valence-corrected chi connectivity index (χ1v) is 8.79. The van der Waals surface area contributed by atoms with Gasteiger partial charge in [0.1, 0.15) is 11.9 Å². The maximum absolute atomic E-state index is 11.0. The van der Waals surface area contributed by atoms with E-state index in [0.29, 0.717) is 23.9 Å². The molecule has 0 radical (unpaired) electrons. The summed E-state index contributed by atoms with van der Waals surface area (Å²) in [5.74, 6) is 0.704. The van der Waals surface area contributed by atoms with Crippen molar-refractivity contribution in [3.05, 3.63) is 29.3 Å². The van der Waals surface area contributed by atoms with Crippen LogP contribution in [-0.4, -0.2) is 51.9 Å². The first kappa shape index (κ1) is 15.6. The number of nitrogens with one attached hydrogen (secondary N) is 1. The molecular weight excluding hydrogens is 300 g/mol. The number of nitrogens with zero attached hydrogens (tertiary/aromatic N) is 1. The summed E-state index contributed by atoms with van der Waals surface area (Å²) in [6.07, 6.45) is 2.19. The molecule has 0 bridgehead atoms. The molecule has 20 heavy (non-hydrogen) atoms. The topological polar surface area (TPSA) is 58.6 Å². The van der Waals surface area contributed by atoms with Gasteiger partial charge in [-0.15, -0.1) is 0 Å². The van der Waals surface area contributed by atoms with Crippen molar-refractivity contribution in [2.75, 3.05) is 32.4 Å². The number of likely N-dealkylation sites (tertiary alicyclic amines) is 1. The number of rotatable bonds is 6. The Bertz CT molecular complexity index is 550. The first-order chi connectivity index (χ1) is 9.44. The molecule has 0 unspecified atom stereocenters. The molecule has 0 spiro atoms. The van der Waals surface area contributed by atoms with Crippen LogP contribution in [0, 0.1) is 0 Å². The molecule has 0 aromatic heterocycles. The number of halogens is 1. The standard InChI is InChI=1S/C13H19ClN2O3S/c1-20(17,18)15-7-9-16-8-6-11(10-16)19-13-5-3-2-4-12(13)14/h2-5,11,15H,6-10H2,1H3/t11-/m1/s1. The molecule has 1 aromatic rings. The Morgan fingerprint density at radius 2 is 2.20 bits per heavy atom. The lowest BCUT2D eigenvalue weighted by molar-refractivity contribution is 0.201. The lowest BCUT2D eigenvalue weighted by Gasteiger charge is -2.17. The van der Waals surface area contributed by atoms with Gasteiger partial charge in [-0.05, 0) is 18.6 Å². The fourth-order valence-electron chi connectivity index (χ4n) is 2.21. The summed E-state index contributed by atoms with van der Waals surface area (Å²) in [5.41, 5.74) is 0. The van der Waals surface area contributed by atoms with Gasteiger partial charge in [-0.1, -0.05) is 23.7 Å². The van der Waals surface area contributed by atoms with Crippen molar-refractivity contribution in [1.29, 1.82) is 0 Å². The molecule has 0 aliphatic carbocycles. The number of hydrogen-bond acceptors (Lipinski definition) is 4. The van der Waals surface area contributed by atoms with Crippen molar-refractivity contribution in [2.24, 2.45) is 0 Å². The lowest BCUT2D eigenvalue weighted by atomic mass is 10.3. The number of benzene rings is 1. The quantitative estimate of drug-likeness (QED) is 0.860. The van der Waals surface area contributed by atoms with Crippen LogP contribution in [0.3, 0.4) is 0 Å². The van der Waals surface area contributed by atoms with Crippen LogP contribution in [0.5, 0.6) is 5.75 Å². The molecule has 1 N–H and O–H groups in total. The zero-order valence-corrected chi connectivity index (χ0v) is 13.0. The third-order valence-corrected chi connectivity index (χ3v) is 4.19. The van der Waals surface area contributed by atoms with Crippen LogP contribution in [-0.2, 0) is 10.0 Å². The number of hydrogen-bond donors (Lipinski definition) is 1. The zero-order chi connectivity index (χ0) is 14.6. The van der Waals surface area contributed by atoms with Gasteiger partial charge in [-0.25, -0.2) is 13.1 Å². The Morgan fingerprint density at radius 3 is 2.90 bits per heavy atom. The Balaban J connectivity index is 1.77. The molecule has 5 nitrogen and oxygen atoms in total. The molecule has 112 valence electrons. The SMILES string of the molecule is CS(=O)(=O)NCCN1CC[C@@H](Oc2ccccc2Cl)C1. The molecule has 0 saturated carbocycles. The van der Waals surface area contributed by atoms with E-state index in [2.05, 4.69) is 9.62 Å². The summed E-state index contributed by atoms with van der Waals surface area (Å²) in [6, 6.07) is 7.42. The van der Waals surface area contributed by atoms with Crippen molar-refractivity contribution in [2.45, 2.75) is 12.5 Å². The molecule has 1 aromatic carbocycles. The maximum atomic E-state index is 11.0. The Labute approximate surface area is 124 Å². The van der Waals surface area contributed by atoms with Crippen molar-refractivity contribution in [3.8, 4) is 5.75 Å². The fraction of sp³-hybridized carbons (Fsp3) is 0.538. The minimum atomic E-state index is -3.11. The van der Waals surface area contributed by atoms with Crippen LogP contribution < -0.4 is 9.46 Å². The van der Waals surface area contributed by atoms with Gasteiger partial charge < -0.3 is 4.74 Å². The average Bonchev–Trinajstić information content (AvgIpc) is 2.78. The third-order valence-electron chi connectivity index (χ3n) is 3.15. The van der Waals surface area contributed by atoms with Crippen LogP contribution in [0.2, 0.25) is 5.02 Å². The molecule has 1 saturated heterocycles. The van der Waals surface area contributed by atoms with Crippen LogP contribution in [0.15, 0.2) is 24.3 Å². The van der Waals surface area contributed by atoms with Crippen LogP contribution >= 0.6 is 11.6 Å². The predicted octanol–water partition coefficient (Wildman–Crippen LogP) is 1.34. The molecule has 1 aliphatic rings. The smallest absolute Gasteiger partial charge is 0.208 e. The second-order valence-electron chi connectivity index (χ2n) is 4.93. The summed E-state index contributed by atoms with van der Waals surface area (Å²) in [6.45, 7) is 2.81. The zero-order valence-electron chi connectivity index (χ0n) is 11.4. The van der Waals surface area contributed by atoms with E-state index in [1.54, 1.807) is 6.07 Å². The number of para-hydroxylation sites is 1. The summed E-state index contributed by atoms with van der Waals surface area (Å²) < 4.78 is 30.3. The van der Waals surface area contributed by atoms with Gasteiger partial charge in [0.25, 0.3) is 0 Å². The number of sulfonamides is 1. The van der Waals surface area contributed by atoms with E-state index in [9.17, 15) is 8.42 Å². The Morgan fingerprint density at radius 1 is 1.45 bits per heavy atom. The van der Waals surface area contributed by atoms with Gasteiger partial charge >= 0.3 is 0 Å². The molecule has 1 atom stereocenters. The van der Waals surface area contributed by atoms with Crippen LogP contribution in [0.4, 0.5) is 0 Å². The van der Waals surface area contributed by atoms with Crippen molar-refractivity contribution in [1.82, 2.24) is 9.62 Å². The van der Waals surface area contributed by atoms with E-state index in [1.165, 1.54) is 6.26 Å². The van der Waals surface area contributed by atoms with Crippen molar-refractivity contribution >= 4 is 21.6 Å². The van der Waals surface area contributed by atoms with Gasteiger partial charge in [0.15, 0.2) is 0 Å². The normalized spacial score (nSPS) is 20.2. The highest BCUT2D eigenvalue weighted by Gasteiger charge is 2.24. The van der Waals surface area contributed by atoms with Gasteiger partial charge in [0.2, 0.25) is 10.0 Å². The van der Waals surface area contributed by atoms with Gasteiger partial charge in [-0.2, -0.15) is 0 Å². The highest BCUT2D eigenvalue weighted by atomic mass is 35.5. The molecule has 1 heterocycles. The fourth-order valence-corrected chi connectivity index (χ4v) is 2.85. The van der Waals surface area contributed by atoms with Crippen LogP contribution in [0.25, 0.3) is 0 Å². The summed E-state index contributed by atoms with van der Waals surface area (Å²) >= 11 is 6.06. The monoisotopic (exact) mass is 318 g/mol. The van der Waals surface area contributed by atoms with Crippen molar-refractivity contribution < 1.29 is 13.2 Å². The molecule has 7 heteroatoms. The Hall–Kier alpha value is -0.820. The van der Waals surface area contributed by atoms with E-state index in [-0.39, 0.29) is 6.10 Å². The van der Waals surface area contributed by atoms with E-state index in [1.807, 2.05) is 18.2 Å². The average molecular weight is 319 g/mol. The largest absolute Gasteiger partial charge is 0.487 e. The third kappa shape index (κ3) is 4.94. The highest BCUT2D eigenvalue weighted by molar-refractivity contribution is 7.88. The summed E-state index contributed by atoms with van der Waals surface area (Å²) in [7, 11) is -3.11. The van der Waals surface area contributed by atoms with E-state index >= 15 is 0 Å². The van der Waals surface area contributed by atoms with Crippen LogP contribution in [0.1, 0.15) is 6.42 Å². The summed E-state index contributed by atoms with van der Waals surface area (Å²) in [5, 5.41) is 0.615. The molecule has 0 amide bonds. The maximum Gasteiger partial charge on any atom is 0.208 e. The molecule has 2 rings (SSSR count). The van der Waals surface area contributed by atoms with Gasteiger partial charge in [0.05, 0.1) is 11.3 Å². The van der Waals surface area contributed by atoms with E-state index in [4.69, 9.17) is 16.3 Å². The molecular formula is C13H19ClN2O3S. The molecule has 1 aliphatic heterocycles. The van der Waals surface area contributed by atoms with Gasteiger partial charge in [0, 0.05) is 26.2 Å². The van der Waals surface area contributed by atoms with E-state index < -0.39 is 10.0 Å². The van der Waals surface area contributed by atoms with E-state index in [0.717, 1.165) is 19.5 Å². The minimum Gasteiger partial charge on any atom is -0.487 e. The predicted molar refractivity (Wildman–Crippen MR) is 79.8 cm³/mol. The molecule has 1 fully saturated rings. The second kappa shape index (κ2) is 6.76.